The molecule has 0 radical (unpaired) electrons. The molecule has 12 nitrogen and oxygen atoms in total. The molecule has 6 rings (SSSR count). The number of carbonyl (C=O) groups is 2. The van der Waals surface area contributed by atoms with Crippen LogP contribution in [0.5, 0.6) is 11.5 Å². The third-order valence-corrected chi connectivity index (χ3v) is 8.00. The van der Waals surface area contributed by atoms with Gasteiger partial charge in [-0.15, -0.1) is 0 Å². The normalized spacial score (nSPS) is 18.4. The Hall–Kier alpha value is -5.23. The van der Waals surface area contributed by atoms with Crippen LogP contribution in [-0.2, 0) is 25.6 Å². The van der Waals surface area contributed by atoms with Crippen LogP contribution in [0.25, 0.3) is 11.5 Å². The van der Waals surface area contributed by atoms with Gasteiger partial charge >= 0.3 is 5.97 Å². The molecule has 48 heavy (non-hydrogen) atoms. The number of anilines is 1. The SMILES string of the molecule is COc1ccc(-c2nc(CN3C(=O)[C@@]4(CCC(=O)OC(C)(C)C)N=C(c5ccc(OCCCO)cc5)O[C@H]4c4ccccc43)no2)cc1. The Bertz CT molecular complexity index is 1800. The van der Waals surface area contributed by atoms with Crippen molar-refractivity contribution in [2.24, 2.45) is 4.99 Å². The summed E-state index contributed by atoms with van der Waals surface area (Å²) in [7, 11) is 1.59. The fourth-order valence-electron chi connectivity index (χ4n) is 5.78. The number of benzene rings is 3. The molecule has 3 heterocycles. The topological polar surface area (TPSA) is 146 Å². The number of esters is 1. The minimum atomic E-state index is -1.47. The van der Waals surface area contributed by atoms with Gasteiger partial charge in [0.2, 0.25) is 5.90 Å². The number of amides is 1. The molecule has 2 aliphatic heterocycles. The fraction of sp³-hybridized carbons (Fsp3) is 0.361. The first-order chi connectivity index (χ1) is 23.1. The molecule has 2 aliphatic rings. The molecule has 12 heteroatoms. The van der Waals surface area contributed by atoms with Crippen LogP contribution in [0.3, 0.4) is 0 Å². The molecule has 0 aliphatic carbocycles. The minimum absolute atomic E-state index is 0.00113. The molecule has 2 atom stereocenters. The molecule has 1 amide bonds. The van der Waals surface area contributed by atoms with Crippen molar-refractivity contribution < 1.29 is 38.2 Å². The first kappa shape index (κ1) is 32.7. The largest absolute Gasteiger partial charge is 0.497 e. The third kappa shape index (κ3) is 6.75. The van der Waals surface area contributed by atoms with Crippen molar-refractivity contribution in [3.63, 3.8) is 0 Å². The first-order valence-corrected chi connectivity index (χ1v) is 15.8. The van der Waals surface area contributed by atoms with Crippen LogP contribution < -0.4 is 14.4 Å². The Labute approximate surface area is 278 Å². The number of carbonyl (C=O) groups excluding carboxylic acids is 2. The summed E-state index contributed by atoms with van der Waals surface area (Å²) in [6, 6.07) is 21.9. The van der Waals surface area contributed by atoms with Crippen LogP contribution in [0.2, 0.25) is 0 Å². The molecule has 0 spiro atoms. The second kappa shape index (κ2) is 13.5. The summed E-state index contributed by atoms with van der Waals surface area (Å²) in [4.78, 5) is 38.9. The number of aromatic nitrogens is 2. The zero-order chi connectivity index (χ0) is 33.9. The van der Waals surface area contributed by atoms with Crippen LogP contribution in [0.1, 0.15) is 63.1 Å². The molecule has 0 bridgehead atoms. The van der Waals surface area contributed by atoms with Crippen molar-refractivity contribution in [3.8, 4) is 23.0 Å². The number of nitrogens with zero attached hydrogens (tertiary/aromatic N) is 4. The monoisotopic (exact) mass is 654 g/mol. The van der Waals surface area contributed by atoms with E-state index in [0.29, 0.717) is 53.1 Å². The smallest absolute Gasteiger partial charge is 0.306 e. The number of hydrogen-bond donors (Lipinski definition) is 1. The van der Waals surface area contributed by atoms with Crippen molar-refractivity contribution in [1.29, 1.82) is 0 Å². The van der Waals surface area contributed by atoms with E-state index in [1.165, 1.54) is 0 Å². The molecule has 0 saturated heterocycles. The Balaban J connectivity index is 1.35. The van der Waals surface area contributed by atoms with E-state index in [4.69, 9.17) is 33.6 Å². The Morgan fingerprint density at radius 2 is 1.71 bits per heavy atom. The van der Waals surface area contributed by atoms with Crippen LogP contribution in [0, 0.1) is 0 Å². The van der Waals surface area contributed by atoms with E-state index < -0.39 is 23.2 Å². The van der Waals surface area contributed by atoms with Gasteiger partial charge in [-0.2, -0.15) is 4.98 Å². The highest BCUT2D eigenvalue weighted by molar-refractivity contribution is 6.09. The maximum Gasteiger partial charge on any atom is 0.306 e. The molecule has 0 fully saturated rings. The van der Waals surface area contributed by atoms with Crippen LogP contribution in [0.15, 0.2) is 82.3 Å². The lowest BCUT2D eigenvalue weighted by Crippen LogP contribution is -2.54. The van der Waals surface area contributed by atoms with E-state index in [-0.39, 0.29) is 37.8 Å². The third-order valence-electron chi connectivity index (χ3n) is 8.00. The van der Waals surface area contributed by atoms with Gasteiger partial charge < -0.3 is 33.5 Å². The molecule has 0 unspecified atom stereocenters. The predicted molar refractivity (Wildman–Crippen MR) is 176 cm³/mol. The number of aliphatic imine (C=N–C) groups is 1. The van der Waals surface area contributed by atoms with Gasteiger partial charge in [-0.05, 0) is 81.8 Å². The van der Waals surface area contributed by atoms with Crippen molar-refractivity contribution in [1.82, 2.24) is 10.1 Å². The van der Waals surface area contributed by atoms with Gasteiger partial charge in [-0.1, -0.05) is 23.4 Å². The number of fused-ring (bicyclic) bond motifs is 3. The van der Waals surface area contributed by atoms with Crippen LogP contribution in [-0.4, -0.2) is 64.5 Å². The second-order valence-corrected chi connectivity index (χ2v) is 12.6. The lowest BCUT2D eigenvalue weighted by Gasteiger charge is -2.41. The summed E-state index contributed by atoms with van der Waals surface area (Å²) in [5, 5.41) is 13.2. The zero-order valence-electron chi connectivity index (χ0n) is 27.3. The highest BCUT2D eigenvalue weighted by Crippen LogP contribution is 2.51. The number of methoxy groups -OCH3 is 1. The van der Waals surface area contributed by atoms with E-state index in [2.05, 4.69) is 10.1 Å². The van der Waals surface area contributed by atoms with Crippen molar-refractivity contribution >= 4 is 23.5 Å². The van der Waals surface area contributed by atoms with E-state index in [9.17, 15) is 9.59 Å². The summed E-state index contributed by atoms with van der Waals surface area (Å²) in [6.45, 7) is 5.82. The summed E-state index contributed by atoms with van der Waals surface area (Å²) in [5.41, 5.74) is 0.555. The molecular weight excluding hydrogens is 616 g/mol. The van der Waals surface area contributed by atoms with Gasteiger partial charge in [0.05, 0.1) is 25.9 Å². The van der Waals surface area contributed by atoms with Gasteiger partial charge in [0, 0.05) is 36.1 Å². The summed E-state index contributed by atoms with van der Waals surface area (Å²) in [6.07, 6.45) is -0.289. The Kier molecular flexibility index (Phi) is 9.18. The predicted octanol–water partition coefficient (Wildman–Crippen LogP) is 5.43. The number of para-hydroxylation sites is 1. The maximum atomic E-state index is 14.8. The number of hydrogen-bond acceptors (Lipinski definition) is 11. The highest BCUT2D eigenvalue weighted by Gasteiger charge is 2.59. The van der Waals surface area contributed by atoms with Crippen molar-refractivity contribution in [3.05, 3.63) is 89.7 Å². The summed E-state index contributed by atoms with van der Waals surface area (Å²) >= 11 is 0. The molecule has 0 saturated carbocycles. The maximum absolute atomic E-state index is 14.8. The number of ether oxygens (including phenoxy) is 4. The molecule has 3 aromatic carbocycles. The van der Waals surface area contributed by atoms with Gasteiger partial charge in [-0.25, -0.2) is 4.99 Å². The number of rotatable bonds is 12. The first-order valence-electron chi connectivity index (χ1n) is 15.8. The molecule has 1 aromatic heterocycles. The van der Waals surface area contributed by atoms with Gasteiger partial charge in [0.15, 0.2) is 17.5 Å². The van der Waals surface area contributed by atoms with Gasteiger partial charge in [0.1, 0.15) is 17.1 Å². The van der Waals surface area contributed by atoms with E-state index >= 15 is 0 Å². The lowest BCUT2D eigenvalue weighted by molar-refractivity contribution is -0.155. The Morgan fingerprint density at radius 3 is 2.42 bits per heavy atom. The molecular formula is C36H38N4O8. The van der Waals surface area contributed by atoms with E-state index in [1.54, 1.807) is 69.2 Å². The standard InChI is InChI=1S/C36H38N4O8/c1-35(2,3)47-30(42)18-19-36-31(46-33(38-36)24-12-16-26(17-13-24)45-21-7-20-41)27-8-5-6-9-28(27)40(34(36)43)22-29-37-32(48-39-29)23-10-14-25(44-4)15-11-23/h5-6,8-17,31,41H,7,18-22H2,1-4H3/t31-,36-/m0/s1. The van der Waals surface area contributed by atoms with Crippen molar-refractivity contribution in [2.45, 2.75) is 63.8 Å². The number of aliphatic hydroxyl groups is 1. The van der Waals surface area contributed by atoms with Gasteiger partial charge in [0.25, 0.3) is 11.8 Å². The quantitative estimate of drug-likeness (QED) is 0.155. The zero-order valence-corrected chi connectivity index (χ0v) is 27.3. The summed E-state index contributed by atoms with van der Waals surface area (Å²) < 4.78 is 28.6. The minimum Gasteiger partial charge on any atom is -0.497 e. The lowest BCUT2D eigenvalue weighted by atomic mass is 9.79. The molecule has 250 valence electrons. The average Bonchev–Trinajstić information content (AvgIpc) is 3.72. The van der Waals surface area contributed by atoms with Gasteiger partial charge in [-0.3, -0.25) is 9.59 Å². The highest BCUT2D eigenvalue weighted by atomic mass is 16.6. The molecule has 1 N–H and O–H groups in total. The van der Waals surface area contributed by atoms with Crippen molar-refractivity contribution in [2.75, 3.05) is 25.2 Å². The van der Waals surface area contributed by atoms with E-state index in [1.807, 2.05) is 36.4 Å². The second-order valence-electron chi connectivity index (χ2n) is 12.6. The van der Waals surface area contributed by atoms with Crippen LogP contribution >= 0.6 is 0 Å². The molecule has 4 aromatic rings. The Morgan fingerprint density at radius 1 is 1.00 bits per heavy atom. The summed E-state index contributed by atoms with van der Waals surface area (Å²) in [5.74, 6) is 1.40. The van der Waals surface area contributed by atoms with E-state index in [0.717, 1.165) is 5.56 Å². The fourth-order valence-corrected chi connectivity index (χ4v) is 5.78. The number of aliphatic hydroxyl groups excluding tert-OH is 1. The van der Waals surface area contributed by atoms with Crippen LogP contribution in [0.4, 0.5) is 5.69 Å². The average molecular weight is 655 g/mol.